The molecule has 18 heavy (non-hydrogen) atoms. The standard InChI is InChI=1S/C11H18N4O3/c1-3-14-11(10(15(16)17)8(2)13-14)12-9-4-6-18-7-5-9/h9,12H,3-7H2,1-2H3. The van der Waals surface area contributed by atoms with Gasteiger partial charge in [0.05, 0.1) is 4.92 Å². The third-order valence-corrected chi connectivity index (χ3v) is 3.14. The van der Waals surface area contributed by atoms with Crippen molar-refractivity contribution < 1.29 is 9.66 Å². The first kappa shape index (κ1) is 12.8. The van der Waals surface area contributed by atoms with E-state index in [1.54, 1.807) is 11.6 Å². The number of nitro groups is 1. The zero-order valence-corrected chi connectivity index (χ0v) is 10.7. The molecule has 1 aromatic rings. The highest BCUT2D eigenvalue weighted by Crippen LogP contribution is 2.29. The van der Waals surface area contributed by atoms with Gasteiger partial charge in [0.15, 0.2) is 0 Å². The largest absolute Gasteiger partial charge is 0.381 e. The van der Waals surface area contributed by atoms with E-state index in [4.69, 9.17) is 4.74 Å². The van der Waals surface area contributed by atoms with Crippen LogP contribution >= 0.6 is 0 Å². The minimum Gasteiger partial charge on any atom is -0.381 e. The zero-order valence-electron chi connectivity index (χ0n) is 10.7. The predicted molar refractivity (Wildman–Crippen MR) is 66.8 cm³/mol. The normalized spacial score (nSPS) is 16.8. The Balaban J connectivity index is 2.26. The molecule has 0 saturated carbocycles. The molecular formula is C11H18N4O3. The molecule has 100 valence electrons. The molecule has 1 fully saturated rings. The lowest BCUT2D eigenvalue weighted by Crippen LogP contribution is -2.29. The van der Waals surface area contributed by atoms with Crippen molar-refractivity contribution in [2.45, 2.75) is 39.3 Å². The third-order valence-electron chi connectivity index (χ3n) is 3.14. The SMILES string of the molecule is CCn1nc(C)c([N+](=O)[O-])c1NC1CCOCC1. The topological polar surface area (TPSA) is 82.2 Å². The van der Waals surface area contributed by atoms with Crippen LogP contribution in [0.15, 0.2) is 0 Å². The number of anilines is 1. The van der Waals surface area contributed by atoms with Gasteiger partial charge in [0.1, 0.15) is 5.69 Å². The highest BCUT2D eigenvalue weighted by atomic mass is 16.6. The Kier molecular flexibility index (Phi) is 3.81. The Labute approximate surface area is 105 Å². The summed E-state index contributed by atoms with van der Waals surface area (Å²) in [6.07, 6.45) is 1.73. The average Bonchev–Trinajstić information content (AvgIpc) is 2.67. The molecule has 7 nitrogen and oxygen atoms in total. The Morgan fingerprint density at radius 2 is 2.22 bits per heavy atom. The van der Waals surface area contributed by atoms with Crippen molar-refractivity contribution in [2.75, 3.05) is 18.5 Å². The van der Waals surface area contributed by atoms with Gasteiger partial charge in [-0.1, -0.05) is 0 Å². The van der Waals surface area contributed by atoms with Gasteiger partial charge >= 0.3 is 5.69 Å². The van der Waals surface area contributed by atoms with E-state index in [1.165, 1.54) is 0 Å². The van der Waals surface area contributed by atoms with Gasteiger partial charge in [0, 0.05) is 25.8 Å². The van der Waals surface area contributed by atoms with Crippen LogP contribution in [0.25, 0.3) is 0 Å². The molecule has 0 bridgehead atoms. The van der Waals surface area contributed by atoms with Crippen LogP contribution in [0.4, 0.5) is 11.5 Å². The molecular weight excluding hydrogens is 236 g/mol. The van der Waals surface area contributed by atoms with Gasteiger partial charge in [-0.25, -0.2) is 4.68 Å². The molecule has 0 aromatic carbocycles. The summed E-state index contributed by atoms with van der Waals surface area (Å²) in [5.41, 5.74) is 0.541. The molecule has 0 amide bonds. The fourth-order valence-electron chi connectivity index (χ4n) is 2.20. The van der Waals surface area contributed by atoms with Crippen LogP contribution in [-0.2, 0) is 11.3 Å². The quantitative estimate of drug-likeness (QED) is 0.653. The molecule has 1 aliphatic heterocycles. The van der Waals surface area contributed by atoms with Crippen molar-refractivity contribution >= 4 is 11.5 Å². The molecule has 1 aliphatic rings. The highest BCUT2D eigenvalue weighted by Gasteiger charge is 2.27. The summed E-state index contributed by atoms with van der Waals surface area (Å²) < 4.78 is 6.94. The molecule has 2 heterocycles. The van der Waals surface area contributed by atoms with Gasteiger partial charge in [-0.3, -0.25) is 10.1 Å². The van der Waals surface area contributed by atoms with Crippen molar-refractivity contribution in [2.24, 2.45) is 0 Å². The van der Waals surface area contributed by atoms with E-state index in [9.17, 15) is 10.1 Å². The molecule has 2 rings (SSSR count). The Morgan fingerprint density at radius 1 is 1.56 bits per heavy atom. The molecule has 0 aliphatic carbocycles. The van der Waals surface area contributed by atoms with Crippen LogP contribution in [-0.4, -0.2) is 34.0 Å². The minimum absolute atomic E-state index is 0.0864. The molecule has 7 heteroatoms. The number of hydrogen-bond acceptors (Lipinski definition) is 5. The Morgan fingerprint density at radius 3 is 2.78 bits per heavy atom. The lowest BCUT2D eigenvalue weighted by molar-refractivity contribution is -0.384. The molecule has 1 N–H and O–H groups in total. The van der Waals surface area contributed by atoms with Crippen LogP contribution in [0.3, 0.4) is 0 Å². The molecule has 0 atom stereocenters. The van der Waals surface area contributed by atoms with Gasteiger partial charge in [0.25, 0.3) is 0 Å². The highest BCUT2D eigenvalue weighted by molar-refractivity contribution is 5.60. The third kappa shape index (κ3) is 2.45. The summed E-state index contributed by atoms with van der Waals surface area (Å²) in [6.45, 7) is 5.60. The number of aromatic nitrogens is 2. The summed E-state index contributed by atoms with van der Waals surface area (Å²) in [5, 5.41) is 18.5. The molecule has 0 spiro atoms. The van der Waals surface area contributed by atoms with Crippen LogP contribution < -0.4 is 5.32 Å². The van der Waals surface area contributed by atoms with Gasteiger partial charge < -0.3 is 10.1 Å². The van der Waals surface area contributed by atoms with Crippen molar-refractivity contribution in [3.05, 3.63) is 15.8 Å². The number of aryl methyl sites for hydroxylation is 2. The maximum absolute atomic E-state index is 11.1. The van der Waals surface area contributed by atoms with E-state index < -0.39 is 0 Å². The molecule has 1 aromatic heterocycles. The van der Waals surface area contributed by atoms with E-state index in [0.29, 0.717) is 31.3 Å². The number of rotatable bonds is 4. The maximum Gasteiger partial charge on any atom is 0.333 e. The zero-order chi connectivity index (χ0) is 13.1. The predicted octanol–water partition coefficient (Wildman–Crippen LogP) is 1.71. The Bertz CT molecular complexity index is 438. The number of hydrogen-bond donors (Lipinski definition) is 1. The second kappa shape index (κ2) is 5.34. The van der Waals surface area contributed by atoms with Crippen molar-refractivity contribution in [1.29, 1.82) is 0 Å². The van der Waals surface area contributed by atoms with E-state index in [0.717, 1.165) is 12.8 Å². The van der Waals surface area contributed by atoms with Crippen LogP contribution in [0.5, 0.6) is 0 Å². The van der Waals surface area contributed by atoms with Crippen molar-refractivity contribution in [1.82, 2.24) is 9.78 Å². The first-order valence-electron chi connectivity index (χ1n) is 6.19. The first-order chi connectivity index (χ1) is 8.63. The number of nitrogens with zero attached hydrogens (tertiary/aromatic N) is 3. The lowest BCUT2D eigenvalue weighted by Gasteiger charge is -2.23. The lowest BCUT2D eigenvalue weighted by atomic mass is 10.1. The first-order valence-corrected chi connectivity index (χ1v) is 6.19. The van der Waals surface area contributed by atoms with E-state index in [-0.39, 0.29) is 16.7 Å². The summed E-state index contributed by atoms with van der Waals surface area (Å²) in [7, 11) is 0. The van der Waals surface area contributed by atoms with Gasteiger partial charge in [-0.05, 0) is 26.7 Å². The summed E-state index contributed by atoms with van der Waals surface area (Å²) in [4.78, 5) is 10.7. The van der Waals surface area contributed by atoms with Crippen molar-refractivity contribution in [3.63, 3.8) is 0 Å². The number of ether oxygens (including phenoxy) is 1. The maximum atomic E-state index is 11.1. The monoisotopic (exact) mass is 254 g/mol. The van der Waals surface area contributed by atoms with E-state index in [1.807, 2.05) is 6.92 Å². The summed E-state index contributed by atoms with van der Waals surface area (Å²) in [6, 6.07) is 0.221. The van der Waals surface area contributed by atoms with Crippen LogP contribution in [0, 0.1) is 17.0 Å². The smallest absolute Gasteiger partial charge is 0.333 e. The molecule has 1 saturated heterocycles. The average molecular weight is 254 g/mol. The second-order valence-corrected chi connectivity index (χ2v) is 4.39. The molecule has 0 radical (unpaired) electrons. The summed E-state index contributed by atoms with van der Waals surface area (Å²) >= 11 is 0. The van der Waals surface area contributed by atoms with Crippen LogP contribution in [0.2, 0.25) is 0 Å². The van der Waals surface area contributed by atoms with E-state index >= 15 is 0 Å². The van der Waals surface area contributed by atoms with Gasteiger partial charge in [-0.15, -0.1) is 0 Å². The van der Waals surface area contributed by atoms with Crippen molar-refractivity contribution in [3.8, 4) is 0 Å². The van der Waals surface area contributed by atoms with Gasteiger partial charge in [0.2, 0.25) is 5.82 Å². The summed E-state index contributed by atoms with van der Waals surface area (Å²) in [5.74, 6) is 0.520. The Hall–Kier alpha value is -1.63. The van der Waals surface area contributed by atoms with E-state index in [2.05, 4.69) is 10.4 Å². The fraction of sp³-hybridized carbons (Fsp3) is 0.727. The molecule has 0 unspecified atom stereocenters. The minimum atomic E-state index is -0.365. The van der Waals surface area contributed by atoms with Crippen LogP contribution in [0.1, 0.15) is 25.5 Å². The second-order valence-electron chi connectivity index (χ2n) is 4.39. The van der Waals surface area contributed by atoms with Gasteiger partial charge in [-0.2, -0.15) is 5.10 Å². The number of nitrogens with one attached hydrogen (secondary N) is 1. The fourth-order valence-corrected chi connectivity index (χ4v) is 2.20.